The second-order valence-electron chi connectivity index (χ2n) is 4.62. The van der Waals surface area contributed by atoms with Crippen LogP contribution >= 0.6 is 0 Å². The van der Waals surface area contributed by atoms with E-state index in [0.29, 0.717) is 23.5 Å². The van der Waals surface area contributed by atoms with E-state index in [-0.39, 0.29) is 12.3 Å². The average molecular weight is 263 g/mol. The molecule has 102 valence electrons. The van der Waals surface area contributed by atoms with Crippen molar-refractivity contribution < 1.29 is 19.4 Å². The Bertz CT molecular complexity index is 512. The minimum atomic E-state index is -0.890. The van der Waals surface area contributed by atoms with Crippen LogP contribution in [0, 0.1) is 0 Å². The molecule has 5 nitrogen and oxygen atoms in total. The number of carbonyl (C=O) groups is 2. The molecule has 19 heavy (non-hydrogen) atoms. The molecule has 0 radical (unpaired) electrons. The van der Waals surface area contributed by atoms with Crippen molar-refractivity contribution >= 4 is 17.6 Å². The number of aliphatic carboxylic acids is 1. The van der Waals surface area contributed by atoms with Crippen molar-refractivity contribution in [2.75, 3.05) is 11.4 Å². The van der Waals surface area contributed by atoms with Crippen molar-refractivity contribution in [2.24, 2.45) is 0 Å². The summed E-state index contributed by atoms with van der Waals surface area (Å²) in [4.78, 5) is 24.5. The van der Waals surface area contributed by atoms with E-state index in [0.717, 1.165) is 6.42 Å². The fraction of sp³-hybridized carbons (Fsp3) is 0.429. The van der Waals surface area contributed by atoms with Crippen LogP contribution in [0.4, 0.5) is 5.69 Å². The number of hydrogen-bond acceptors (Lipinski definition) is 3. The van der Waals surface area contributed by atoms with E-state index < -0.39 is 12.1 Å². The zero-order valence-corrected chi connectivity index (χ0v) is 11.0. The second-order valence-corrected chi connectivity index (χ2v) is 4.62. The number of carbonyl (C=O) groups excluding carboxylic acids is 1. The van der Waals surface area contributed by atoms with Gasteiger partial charge in [0.1, 0.15) is 5.75 Å². The summed E-state index contributed by atoms with van der Waals surface area (Å²) in [5.41, 5.74) is 1.34. The van der Waals surface area contributed by atoms with E-state index in [2.05, 4.69) is 0 Å². The first kappa shape index (κ1) is 13.4. The fourth-order valence-electron chi connectivity index (χ4n) is 2.19. The summed E-state index contributed by atoms with van der Waals surface area (Å²) in [6.45, 7) is 4.32. The first-order valence-electron chi connectivity index (χ1n) is 6.35. The molecule has 0 aromatic heterocycles. The van der Waals surface area contributed by atoms with Gasteiger partial charge in [-0.2, -0.15) is 0 Å². The average Bonchev–Trinajstić information content (AvgIpc) is 2.35. The Kier molecular flexibility index (Phi) is 3.74. The molecular weight excluding hydrogens is 246 g/mol. The Balaban J connectivity index is 2.39. The molecule has 0 spiro atoms. The highest BCUT2D eigenvalue weighted by Crippen LogP contribution is 2.35. The minimum absolute atomic E-state index is 0.0585. The van der Waals surface area contributed by atoms with Gasteiger partial charge < -0.3 is 14.7 Å². The molecule has 1 atom stereocenters. The van der Waals surface area contributed by atoms with Crippen molar-refractivity contribution in [1.29, 1.82) is 0 Å². The molecule has 1 aromatic carbocycles. The molecule has 0 aliphatic carbocycles. The quantitative estimate of drug-likeness (QED) is 0.900. The Morgan fingerprint density at radius 3 is 2.84 bits per heavy atom. The zero-order chi connectivity index (χ0) is 14.0. The predicted octanol–water partition coefficient (Wildman–Crippen LogP) is 1.84. The number of carboxylic acid groups (broad SMARTS) is 1. The Morgan fingerprint density at radius 1 is 1.47 bits per heavy atom. The molecule has 0 saturated carbocycles. The number of nitrogens with zero attached hydrogens (tertiary/aromatic N) is 1. The van der Waals surface area contributed by atoms with Gasteiger partial charge in [-0.25, -0.2) is 0 Å². The van der Waals surface area contributed by atoms with Gasteiger partial charge in [-0.3, -0.25) is 9.59 Å². The highest BCUT2D eigenvalue weighted by molar-refractivity contribution is 6.00. The number of fused-ring (bicyclic) bond motifs is 1. The maximum Gasteiger partial charge on any atom is 0.307 e. The summed E-state index contributed by atoms with van der Waals surface area (Å²) in [6, 6.07) is 5.18. The van der Waals surface area contributed by atoms with Gasteiger partial charge in [0.2, 0.25) is 0 Å². The lowest BCUT2D eigenvalue weighted by Gasteiger charge is -2.33. The highest BCUT2D eigenvalue weighted by atomic mass is 16.5. The van der Waals surface area contributed by atoms with Crippen molar-refractivity contribution in [2.45, 2.75) is 32.8 Å². The van der Waals surface area contributed by atoms with Crippen molar-refractivity contribution in [1.82, 2.24) is 0 Å². The van der Waals surface area contributed by atoms with Gasteiger partial charge in [0.15, 0.2) is 6.10 Å². The Morgan fingerprint density at radius 2 is 2.21 bits per heavy atom. The summed E-state index contributed by atoms with van der Waals surface area (Å²) in [6.07, 6.45) is 0.280. The molecule has 0 bridgehead atoms. The molecule has 1 N–H and O–H groups in total. The minimum Gasteiger partial charge on any atom is -0.481 e. The fourth-order valence-corrected chi connectivity index (χ4v) is 2.19. The number of benzene rings is 1. The topological polar surface area (TPSA) is 66.8 Å². The van der Waals surface area contributed by atoms with E-state index in [9.17, 15) is 9.59 Å². The van der Waals surface area contributed by atoms with Gasteiger partial charge >= 0.3 is 5.97 Å². The summed E-state index contributed by atoms with van der Waals surface area (Å²) in [7, 11) is 0. The zero-order valence-electron chi connectivity index (χ0n) is 11.0. The van der Waals surface area contributed by atoms with Crippen molar-refractivity contribution in [3.8, 4) is 5.75 Å². The summed E-state index contributed by atoms with van der Waals surface area (Å²) in [5.74, 6) is -0.338. The second kappa shape index (κ2) is 5.30. The maximum absolute atomic E-state index is 12.1. The third kappa shape index (κ3) is 2.70. The predicted molar refractivity (Wildman–Crippen MR) is 70.5 cm³/mol. The van der Waals surface area contributed by atoms with E-state index in [4.69, 9.17) is 9.84 Å². The van der Waals surface area contributed by atoms with Crippen LogP contribution in [-0.2, 0) is 16.0 Å². The van der Waals surface area contributed by atoms with E-state index in [1.54, 1.807) is 30.0 Å². The van der Waals surface area contributed by atoms with Crippen LogP contribution in [0.3, 0.4) is 0 Å². The van der Waals surface area contributed by atoms with Crippen LogP contribution in [0.2, 0.25) is 0 Å². The van der Waals surface area contributed by atoms with Gasteiger partial charge in [0.05, 0.1) is 12.1 Å². The van der Waals surface area contributed by atoms with Crippen molar-refractivity contribution in [3.63, 3.8) is 0 Å². The number of anilines is 1. The van der Waals surface area contributed by atoms with Gasteiger partial charge in [-0.15, -0.1) is 0 Å². The molecule has 1 aliphatic rings. The largest absolute Gasteiger partial charge is 0.481 e. The Hall–Kier alpha value is -2.04. The molecule has 0 saturated heterocycles. The van der Waals surface area contributed by atoms with E-state index >= 15 is 0 Å². The van der Waals surface area contributed by atoms with Gasteiger partial charge in [0.25, 0.3) is 5.91 Å². The monoisotopic (exact) mass is 263 g/mol. The molecule has 2 rings (SSSR count). The smallest absolute Gasteiger partial charge is 0.307 e. The highest BCUT2D eigenvalue weighted by Gasteiger charge is 2.31. The first-order chi connectivity index (χ1) is 9.02. The molecule has 5 heteroatoms. The number of rotatable bonds is 4. The SMILES string of the molecule is CCCN1C(=O)C(C)Oc2ccc(CC(=O)O)cc21. The first-order valence-corrected chi connectivity index (χ1v) is 6.35. The molecular formula is C14H17NO4. The third-order valence-electron chi connectivity index (χ3n) is 3.03. The molecule has 1 aliphatic heterocycles. The molecule has 1 heterocycles. The summed E-state index contributed by atoms with van der Waals surface area (Å²) < 4.78 is 5.54. The van der Waals surface area contributed by atoms with Crippen LogP contribution in [0.25, 0.3) is 0 Å². The van der Waals surface area contributed by atoms with Gasteiger partial charge in [0, 0.05) is 6.54 Å². The standard InChI is InChI=1S/C14H17NO4/c1-3-6-15-11-7-10(8-13(16)17)4-5-12(11)19-9(2)14(15)18/h4-5,7,9H,3,6,8H2,1-2H3,(H,16,17). The molecule has 1 amide bonds. The van der Waals surface area contributed by atoms with Crippen molar-refractivity contribution in [3.05, 3.63) is 23.8 Å². The van der Waals surface area contributed by atoms with Gasteiger partial charge in [-0.1, -0.05) is 13.0 Å². The summed E-state index contributed by atoms with van der Waals surface area (Å²) >= 11 is 0. The lowest BCUT2D eigenvalue weighted by molar-refractivity contribution is -0.136. The third-order valence-corrected chi connectivity index (χ3v) is 3.03. The Labute approximate surface area is 111 Å². The number of carboxylic acids is 1. The van der Waals surface area contributed by atoms with E-state index in [1.807, 2.05) is 6.92 Å². The number of hydrogen-bond donors (Lipinski definition) is 1. The van der Waals surface area contributed by atoms with Crippen LogP contribution in [0.1, 0.15) is 25.8 Å². The van der Waals surface area contributed by atoms with Crippen LogP contribution in [0.15, 0.2) is 18.2 Å². The number of ether oxygens (including phenoxy) is 1. The van der Waals surface area contributed by atoms with E-state index in [1.165, 1.54) is 0 Å². The number of amides is 1. The van der Waals surface area contributed by atoms with Gasteiger partial charge in [-0.05, 0) is 31.0 Å². The normalized spacial score (nSPS) is 17.9. The molecule has 1 unspecified atom stereocenters. The summed E-state index contributed by atoms with van der Waals surface area (Å²) in [5, 5.41) is 8.82. The maximum atomic E-state index is 12.1. The lowest BCUT2D eigenvalue weighted by atomic mass is 10.1. The van der Waals surface area contributed by atoms with Crippen LogP contribution in [-0.4, -0.2) is 29.6 Å². The van der Waals surface area contributed by atoms with Crippen LogP contribution < -0.4 is 9.64 Å². The van der Waals surface area contributed by atoms with Crippen LogP contribution in [0.5, 0.6) is 5.75 Å². The molecule has 0 fully saturated rings. The lowest BCUT2D eigenvalue weighted by Crippen LogP contribution is -2.44. The molecule has 1 aromatic rings.